The normalized spacial score (nSPS) is 15.9. The molecule has 10 heteroatoms. The van der Waals surface area contributed by atoms with E-state index in [1.165, 1.54) is 17.8 Å². The lowest BCUT2D eigenvalue weighted by Crippen LogP contribution is -2.30. The highest BCUT2D eigenvalue weighted by molar-refractivity contribution is 6.05. The van der Waals surface area contributed by atoms with E-state index in [9.17, 15) is 18.0 Å². The number of carbonyl (C=O) groups excluding carboxylic acids is 1. The van der Waals surface area contributed by atoms with Crippen LogP contribution in [0.1, 0.15) is 42.7 Å². The molecule has 0 radical (unpaired) electrons. The summed E-state index contributed by atoms with van der Waals surface area (Å²) in [5.74, 6) is -1.06. The van der Waals surface area contributed by atoms with Crippen LogP contribution in [-0.2, 0) is 22.2 Å². The Bertz CT molecular complexity index is 829. The van der Waals surface area contributed by atoms with Gasteiger partial charge in [-0.25, -0.2) is 14.5 Å². The Morgan fingerprint density at radius 1 is 1.37 bits per heavy atom. The minimum absolute atomic E-state index is 0.0426. The van der Waals surface area contributed by atoms with Gasteiger partial charge in [0, 0.05) is 25.8 Å². The van der Waals surface area contributed by atoms with E-state index in [4.69, 9.17) is 9.47 Å². The van der Waals surface area contributed by atoms with Crippen LogP contribution in [0, 0.1) is 0 Å². The quantitative estimate of drug-likeness (QED) is 0.795. The molecule has 1 fully saturated rings. The number of hydrogen-bond donors (Lipinski definition) is 1. The molecule has 27 heavy (non-hydrogen) atoms. The first-order valence-electron chi connectivity index (χ1n) is 8.84. The van der Waals surface area contributed by atoms with Gasteiger partial charge in [0.2, 0.25) is 0 Å². The summed E-state index contributed by atoms with van der Waals surface area (Å²) < 4.78 is 52.8. The molecule has 0 bridgehead atoms. The smallest absolute Gasteiger partial charge is 0.434 e. The van der Waals surface area contributed by atoms with Crippen LogP contribution < -0.4 is 5.32 Å². The van der Waals surface area contributed by atoms with Crippen LogP contribution in [0.2, 0.25) is 0 Å². The first-order chi connectivity index (χ1) is 12.9. The average Bonchev–Trinajstić information content (AvgIpc) is 3.05. The van der Waals surface area contributed by atoms with Crippen molar-refractivity contribution in [3.63, 3.8) is 0 Å². The summed E-state index contributed by atoms with van der Waals surface area (Å²) in [5, 5.41) is 7.58. The van der Waals surface area contributed by atoms with Gasteiger partial charge in [-0.2, -0.15) is 18.3 Å². The molecule has 1 aliphatic heterocycles. The second kappa shape index (κ2) is 7.71. The van der Waals surface area contributed by atoms with Crippen LogP contribution >= 0.6 is 0 Å². The molecule has 0 amide bonds. The van der Waals surface area contributed by atoms with Crippen molar-refractivity contribution in [2.24, 2.45) is 0 Å². The fourth-order valence-corrected chi connectivity index (χ4v) is 3.12. The van der Waals surface area contributed by atoms with Crippen LogP contribution in [0.15, 0.2) is 6.20 Å². The van der Waals surface area contributed by atoms with Crippen molar-refractivity contribution in [1.82, 2.24) is 14.8 Å². The van der Waals surface area contributed by atoms with Crippen molar-refractivity contribution in [3.8, 4) is 0 Å². The Kier molecular flexibility index (Phi) is 5.54. The number of aromatic nitrogens is 3. The molecule has 3 rings (SSSR count). The zero-order valence-corrected chi connectivity index (χ0v) is 15.1. The lowest BCUT2D eigenvalue weighted by atomic mass is 10.0. The number of fused-ring (bicyclic) bond motifs is 1. The van der Waals surface area contributed by atoms with E-state index >= 15 is 0 Å². The minimum atomic E-state index is -4.81. The molecule has 1 N–H and O–H groups in total. The molecule has 7 nitrogen and oxygen atoms in total. The number of ether oxygens (including phenoxy) is 2. The van der Waals surface area contributed by atoms with Gasteiger partial charge in [0.1, 0.15) is 5.56 Å². The number of carbonyl (C=O) groups is 1. The number of rotatable bonds is 5. The fourth-order valence-electron chi connectivity index (χ4n) is 3.12. The molecule has 2 aromatic heterocycles. The molecule has 0 aliphatic carbocycles. The minimum Gasteiger partial charge on any atom is -0.462 e. The summed E-state index contributed by atoms with van der Waals surface area (Å²) in [4.78, 5) is 16.2. The lowest BCUT2D eigenvalue weighted by molar-refractivity contribution is -0.141. The zero-order valence-electron chi connectivity index (χ0n) is 15.1. The summed E-state index contributed by atoms with van der Waals surface area (Å²) in [6, 6.07) is -0.122. The second-order valence-electron chi connectivity index (χ2n) is 6.16. The third-order valence-electron chi connectivity index (χ3n) is 4.40. The van der Waals surface area contributed by atoms with Crippen LogP contribution in [0.5, 0.6) is 0 Å². The molecule has 3 heterocycles. The molecule has 2 aromatic rings. The van der Waals surface area contributed by atoms with E-state index in [0.29, 0.717) is 38.0 Å². The summed E-state index contributed by atoms with van der Waals surface area (Å²) in [5.41, 5.74) is -1.72. The summed E-state index contributed by atoms with van der Waals surface area (Å²) >= 11 is 0. The number of aryl methyl sites for hydroxylation is 1. The molecular weight excluding hydrogens is 365 g/mol. The molecule has 1 aliphatic rings. The van der Waals surface area contributed by atoms with Crippen LogP contribution in [0.4, 0.5) is 18.9 Å². The predicted molar refractivity (Wildman–Crippen MR) is 91.6 cm³/mol. The van der Waals surface area contributed by atoms with Gasteiger partial charge in [-0.15, -0.1) is 0 Å². The van der Waals surface area contributed by atoms with Gasteiger partial charge in [-0.3, -0.25) is 0 Å². The maximum atomic E-state index is 13.7. The molecule has 0 atom stereocenters. The lowest BCUT2D eigenvalue weighted by Gasteiger charge is -2.26. The van der Waals surface area contributed by atoms with E-state index in [0.717, 1.165) is 0 Å². The summed E-state index contributed by atoms with van der Waals surface area (Å²) in [6.07, 6.45) is -2.15. The van der Waals surface area contributed by atoms with Crippen LogP contribution in [0.3, 0.4) is 0 Å². The van der Waals surface area contributed by atoms with Crippen LogP contribution in [-0.4, -0.2) is 46.6 Å². The topological polar surface area (TPSA) is 78.3 Å². The molecule has 0 aromatic carbocycles. The van der Waals surface area contributed by atoms with Gasteiger partial charge < -0.3 is 14.8 Å². The first-order valence-corrected chi connectivity index (χ1v) is 8.84. The Morgan fingerprint density at radius 3 is 2.67 bits per heavy atom. The van der Waals surface area contributed by atoms with Gasteiger partial charge in [-0.05, 0) is 26.7 Å². The number of pyridine rings is 1. The molecule has 0 saturated carbocycles. The number of alkyl halides is 3. The number of nitrogens with zero attached hydrogens (tertiary/aromatic N) is 3. The SMILES string of the molecule is CCOC(=O)c1c(C(F)(F)F)nc2c(cnn2CC)c1NC1CCOCC1. The molecular formula is C17H21F3N4O3. The molecule has 0 spiro atoms. The van der Waals surface area contributed by atoms with E-state index in [2.05, 4.69) is 15.4 Å². The second-order valence-corrected chi connectivity index (χ2v) is 6.16. The van der Waals surface area contributed by atoms with Crippen molar-refractivity contribution in [1.29, 1.82) is 0 Å². The van der Waals surface area contributed by atoms with Crippen molar-refractivity contribution < 1.29 is 27.4 Å². The van der Waals surface area contributed by atoms with Gasteiger partial charge in [0.15, 0.2) is 11.3 Å². The third kappa shape index (κ3) is 3.85. The number of esters is 1. The van der Waals surface area contributed by atoms with E-state index in [1.54, 1.807) is 6.92 Å². The highest BCUT2D eigenvalue weighted by atomic mass is 19.4. The number of nitrogens with one attached hydrogen (secondary N) is 1. The van der Waals surface area contributed by atoms with E-state index in [-0.39, 0.29) is 24.0 Å². The fraction of sp³-hybridized carbons (Fsp3) is 0.588. The Labute approximate surface area is 153 Å². The van der Waals surface area contributed by atoms with Crippen molar-refractivity contribution in [2.75, 3.05) is 25.1 Å². The van der Waals surface area contributed by atoms with Crippen molar-refractivity contribution in [3.05, 3.63) is 17.5 Å². The number of hydrogen-bond acceptors (Lipinski definition) is 6. The van der Waals surface area contributed by atoms with Crippen molar-refractivity contribution in [2.45, 2.75) is 45.5 Å². The maximum Gasteiger partial charge on any atom is 0.434 e. The Hall–Kier alpha value is -2.36. The van der Waals surface area contributed by atoms with E-state index < -0.39 is 23.4 Å². The molecule has 1 saturated heterocycles. The highest BCUT2D eigenvalue weighted by Gasteiger charge is 2.41. The zero-order chi connectivity index (χ0) is 19.6. The standard InChI is InChI=1S/C17H21F3N4O3/c1-3-24-15-11(9-21-24)13(22-10-5-7-26-8-6-10)12(16(25)27-4-2)14(23-15)17(18,19)20/h9-10H,3-8H2,1-2H3,(H,22,23). The van der Waals surface area contributed by atoms with Gasteiger partial charge in [0.05, 0.1) is 23.9 Å². The average molecular weight is 386 g/mol. The van der Waals surface area contributed by atoms with Gasteiger partial charge in [0.25, 0.3) is 0 Å². The highest BCUT2D eigenvalue weighted by Crippen LogP contribution is 2.38. The summed E-state index contributed by atoms with van der Waals surface area (Å²) in [7, 11) is 0. The van der Waals surface area contributed by atoms with E-state index in [1.807, 2.05) is 0 Å². The van der Waals surface area contributed by atoms with Gasteiger partial charge >= 0.3 is 12.1 Å². The first kappa shape index (κ1) is 19.4. The largest absolute Gasteiger partial charge is 0.462 e. The Balaban J connectivity index is 2.24. The predicted octanol–water partition coefficient (Wildman–Crippen LogP) is 3.24. The van der Waals surface area contributed by atoms with Crippen molar-refractivity contribution >= 4 is 22.7 Å². The number of anilines is 1. The monoisotopic (exact) mass is 386 g/mol. The maximum absolute atomic E-state index is 13.7. The van der Waals surface area contributed by atoms with Gasteiger partial charge in [-0.1, -0.05) is 0 Å². The number of halogens is 3. The molecule has 148 valence electrons. The third-order valence-corrected chi connectivity index (χ3v) is 4.40. The van der Waals surface area contributed by atoms with Crippen LogP contribution in [0.25, 0.3) is 11.0 Å². The molecule has 0 unspecified atom stereocenters. The Morgan fingerprint density at radius 2 is 2.07 bits per heavy atom. The summed E-state index contributed by atoms with van der Waals surface area (Å²) in [6.45, 7) is 4.61.